The average molecular weight is 415 g/mol. The number of aromatic hydroxyl groups is 1. The molecule has 0 aliphatic rings. The highest BCUT2D eigenvalue weighted by atomic mass is 16.5. The lowest BCUT2D eigenvalue weighted by atomic mass is 9.92. The van der Waals surface area contributed by atoms with Crippen LogP contribution in [-0.4, -0.2) is 41.2 Å². The van der Waals surface area contributed by atoms with E-state index in [2.05, 4.69) is 29.4 Å². The van der Waals surface area contributed by atoms with Gasteiger partial charge in [-0.3, -0.25) is 4.79 Å². The van der Waals surface area contributed by atoms with Crippen LogP contribution in [0.25, 0.3) is 0 Å². The van der Waals surface area contributed by atoms with Crippen molar-refractivity contribution in [3.63, 3.8) is 0 Å². The Labute approximate surface area is 177 Å². The number of carbonyl (C=O) groups is 2. The molecule has 7 nitrogen and oxygen atoms in total. The molecule has 0 spiro atoms. The zero-order valence-electron chi connectivity index (χ0n) is 17.9. The predicted octanol–water partition coefficient (Wildman–Crippen LogP) is 3.50. The van der Waals surface area contributed by atoms with Crippen LogP contribution in [0.4, 0.5) is 0 Å². The summed E-state index contributed by atoms with van der Waals surface area (Å²) in [7, 11) is 1.37. The van der Waals surface area contributed by atoms with Crippen molar-refractivity contribution in [1.29, 1.82) is 0 Å². The molecule has 1 aromatic carbocycles. The third-order valence-corrected chi connectivity index (χ3v) is 4.95. The van der Waals surface area contributed by atoms with Gasteiger partial charge < -0.3 is 19.9 Å². The Morgan fingerprint density at radius 3 is 2.50 bits per heavy atom. The number of benzene rings is 1. The number of nitrogens with zero attached hydrogens (tertiary/aromatic N) is 1. The van der Waals surface area contributed by atoms with Crippen molar-refractivity contribution in [2.45, 2.75) is 52.2 Å². The number of rotatable bonds is 10. The average Bonchev–Trinajstić information content (AvgIpc) is 2.73. The first-order valence-electron chi connectivity index (χ1n) is 10.1. The minimum Gasteiger partial charge on any atom is -0.503 e. The first-order chi connectivity index (χ1) is 14.3. The Morgan fingerprint density at radius 1 is 1.17 bits per heavy atom. The third kappa shape index (κ3) is 6.47. The number of amides is 1. The van der Waals surface area contributed by atoms with Crippen molar-refractivity contribution in [1.82, 2.24) is 10.3 Å². The minimum absolute atomic E-state index is 0.128. The minimum atomic E-state index is -0.887. The molecule has 0 bridgehead atoms. The van der Waals surface area contributed by atoms with E-state index in [1.807, 2.05) is 25.1 Å². The van der Waals surface area contributed by atoms with Crippen LogP contribution in [0.3, 0.4) is 0 Å². The smallest absolute Gasteiger partial charge is 0.328 e. The maximum absolute atomic E-state index is 12.4. The Hall–Kier alpha value is -3.09. The number of methoxy groups -OCH3 is 1. The van der Waals surface area contributed by atoms with E-state index in [4.69, 9.17) is 9.47 Å². The van der Waals surface area contributed by atoms with E-state index in [1.54, 1.807) is 0 Å². The van der Waals surface area contributed by atoms with E-state index in [0.29, 0.717) is 5.92 Å². The molecule has 2 rings (SSSR count). The molecule has 0 saturated carbocycles. The number of esters is 1. The fourth-order valence-electron chi connectivity index (χ4n) is 3.25. The van der Waals surface area contributed by atoms with Crippen LogP contribution in [0.5, 0.6) is 11.5 Å². The third-order valence-electron chi connectivity index (χ3n) is 4.95. The van der Waals surface area contributed by atoms with E-state index in [9.17, 15) is 14.7 Å². The molecule has 0 aliphatic heterocycles. The van der Waals surface area contributed by atoms with Gasteiger partial charge in [0.1, 0.15) is 6.04 Å². The topological polar surface area (TPSA) is 97.8 Å². The van der Waals surface area contributed by atoms with Crippen LogP contribution in [-0.2, 0) is 16.0 Å². The van der Waals surface area contributed by atoms with Gasteiger partial charge in [0.25, 0.3) is 5.91 Å². The summed E-state index contributed by atoms with van der Waals surface area (Å²) in [6, 6.07) is 10.8. The second-order valence-corrected chi connectivity index (χ2v) is 7.35. The molecule has 1 heterocycles. The molecule has 3 atom stereocenters. The van der Waals surface area contributed by atoms with Crippen LogP contribution in [0, 0.1) is 5.92 Å². The van der Waals surface area contributed by atoms with Gasteiger partial charge >= 0.3 is 5.97 Å². The van der Waals surface area contributed by atoms with E-state index in [0.717, 1.165) is 19.3 Å². The number of hydrogen-bond acceptors (Lipinski definition) is 6. The van der Waals surface area contributed by atoms with Crippen molar-refractivity contribution in [3.8, 4) is 11.5 Å². The van der Waals surface area contributed by atoms with Crippen molar-refractivity contribution >= 4 is 11.9 Å². The SMILES string of the molecule is CCC(Cc1ccccc1)CC(C)OC(=O)C(C)NC(=O)c1nccc(OC)c1O. The molecule has 1 amide bonds. The monoisotopic (exact) mass is 414 g/mol. The highest BCUT2D eigenvalue weighted by Gasteiger charge is 2.24. The van der Waals surface area contributed by atoms with E-state index >= 15 is 0 Å². The summed E-state index contributed by atoms with van der Waals surface area (Å²) in [6.07, 6.45) is 3.69. The van der Waals surface area contributed by atoms with Crippen molar-refractivity contribution in [2.24, 2.45) is 5.92 Å². The number of carbonyl (C=O) groups excluding carboxylic acids is 2. The number of aromatic nitrogens is 1. The van der Waals surface area contributed by atoms with Crippen molar-refractivity contribution < 1.29 is 24.2 Å². The lowest BCUT2D eigenvalue weighted by molar-refractivity contribution is -0.150. The lowest BCUT2D eigenvalue weighted by Crippen LogP contribution is -2.41. The number of nitrogens with one attached hydrogen (secondary N) is 1. The Bertz CT molecular complexity index is 841. The van der Waals surface area contributed by atoms with Gasteiger partial charge in [-0.05, 0) is 38.2 Å². The van der Waals surface area contributed by atoms with Crippen LogP contribution < -0.4 is 10.1 Å². The molecular formula is C23H30N2O5. The summed E-state index contributed by atoms with van der Waals surface area (Å²) in [5, 5.41) is 12.5. The van der Waals surface area contributed by atoms with E-state index in [-0.39, 0.29) is 23.3 Å². The normalized spacial score (nSPS) is 13.7. The quantitative estimate of drug-likeness (QED) is 0.578. The standard InChI is InChI=1S/C23H30N2O5/c1-5-17(14-18-9-7-6-8-10-18)13-15(2)30-23(28)16(3)25-22(27)20-21(26)19(29-4)11-12-24-20/h6-12,15-17,26H,5,13-14H2,1-4H3,(H,25,27). The number of hydrogen-bond donors (Lipinski definition) is 2. The fraction of sp³-hybridized carbons (Fsp3) is 0.435. The summed E-state index contributed by atoms with van der Waals surface area (Å²) in [4.78, 5) is 28.6. The summed E-state index contributed by atoms with van der Waals surface area (Å²) < 4.78 is 10.5. The Kier molecular flexibility index (Phi) is 8.65. The van der Waals surface area contributed by atoms with E-state index < -0.39 is 17.9 Å². The molecule has 0 fully saturated rings. The molecule has 0 radical (unpaired) electrons. The molecule has 7 heteroatoms. The molecule has 0 saturated heterocycles. The van der Waals surface area contributed by atoms with E-state index in [1.165, 1.54) is 31.9 Å². The molecule has 30 heavy (non-hydrogen) atoms. The van der Waals surface area contributed by atoms with Gasteiger partial charge in [0.15, 0.2) is 17.2 Å². The molecule has 2 N–H and O–H groups in total. The molecule has 0 aliphatic carbocycles. The maximum atomic E-state index is 12.4. The first kappa shape index (κ1) is 23.2. The maximum Gasteiger partial charge on any atom is 0.328 e. The van der Waals surface area contributed by atoms with Gasteiger partial charge in [0.2, 0.25) is 0 Å². The van der Waals surface area contributed by atoms with Gasteiger partial charge in [-0.15, -0.1) is 0 Å². The fourth-order valence-corrected chi connectivity index (χ4v) is 3.25. The van der Waals surface area contributed by atoms with Gasteiger partial charge in [-0.25, -0.2) is 9.78 Å². The molecule has 2 aromatic rings. The zero-order valence-corrected chi connectivity index (χ0v) is 17.9. The van der Waals surface area contributed by atoms with Crippen LogP contribution in [0.15, 0.2) is 42.6 Å². The van der Waals surface area contributed by atoms with Crippen molar-refractivity contribution in [3.05, 3.63) is 53.9 Å². The Morgan fingerprint density at radius 2 is 1.87 bits per heavy atom. The van der Waals surface area contributed by atoms with Gasteiger partial charge in [0.05, 0.1) is 13.2 Å². The summed E-state index contributed by atoms with van der Waals surface area (Å²) >= 11 is 0. The summed E-state index contributed by atoms with van der Waals surface area (Å²) in [5.74, 6) is -1.08. The van der Waals surface area contributed by atoms with Crippen molar-refractivity contribution in [2.75, 3.05) is 7.11 Å². The van der Waals surface area contributed by atoms with Gasteiger partial charge in [0, 0.05) is 12.3 Å². The molecule has 162 valence electrons. The molecule has 3 unspecified atom stereocenters. The number of pyridine rings is 1. The molecule has 1 aromatic heterocycles. The van der Waals surface area contributed by atoms with Gasteiger partial charge in [-0.1, -0.05) is 43.7 Å². The largest absolute Gasteiger partial charge is 0.503 e. The van der Waals surface area contributed by atoms with Crippen LogP contribution >= 0.6 is 0 Å². The number of ether oxygens (including phenoxy) is 2. The lowest BCUT2D eigenvalue weighted by Gasteiger charge is -2.22. The highest BCUT2D eigenvalue weighted by Crippen LogP contribution is 2.27. The second-order valence-electron chi connectivity index (χ2n) is 7.35. The summed E-state index contributed by atoms with van der Waals surface area (Å²) in [6.45, 7) is 5.51. The van der Waals surface area contributed by atoms with Crippen LogP contribution in [0.2, 0.25) is 0 Å². The van der Waals surface area contributed by atoms with Gasteiger partial charge in [-0.2, -0.15) is 0 Å². The highest BCUT2D eigenvalue weighted by molar-refractivity contribution is 5.97. The first-order valence-corrected chi connectivity index (χ1v) is 10.1. The zero-order chi connectivity index (χ0) is 22.1. The van der Waals surface area contributed by atoms with Crippen LogP contribution in [0.1, 0.15) is 49.7 Å². The second kappa shape index (κ2) is 11.2. The Balaban J connectivity index is 1.89. The molecular weight excluding hydrogens is 384 g/mol. The predicted molar refractivity (Wildman–Crippen MR) is 113 cm³/mol. The summed E-state index contributed by atoms with van der Waals surface area (Å²) in [5.41, 5.74) is 1.05.